The molecule has 0 aromatic heterocycles. The molecule has 2 fully saturated rings. The van der Waals surface area contributed by atoms with E-state index in [0.29, 0.717) is 19.4 Å². The standard InChI is InChI=1S/C19H28N4O4S/c24-18(21-22-28(26,27)17-11-5-2-6-12-17)15-8-7-13-23(14-15)19(25)20-16-9-3-1-4-10-16/h2,5-6,11-12,15-16,22H,1,3-4,7-10,13-14H2,(H,20,25)(H,21,24). The summed E-state index contributed by atoms with van der Waals surface area (Å²) in [6.45, 7) is 0.898. The molecule has 3 rings (SSSR count). The van der Waals surface area contributed by atoms with Crippen molar-refractivity contribution in [2.24, 2.45) is 5.92 Å². The summed E-state index contributed by atoms with van der Waals surface area (Å²) in [5.74, 6) is -0.862. The molecular weight excluding hydrogens is 380 g/mol. The van der Waals surface area contributed by atoms with Crippen molar-refractivity contribution in [1.82, 2.24) is 20.5 Å². The Balaban J connectivity index is 1.50. The number of amides is 3. The molecular formula is C19H28N4O4S. The highest BCUT2D eigenvalue weighted by Gasteiger charge is 2.30. The van der Waals surface area contributed by atoms with Crippen LogP contribution in [0.15, 0.2) is 35.2 Å². The first-order chi connectivity index (χ1) is 13.5. The summed E-state index contributed by atoms with van der Waals surface area (Å²) < 4.78 is 24.4. The first kappa shape index (κ1) is 20.6. The normalized spacial score (nSPS) is 21.1. The molecule has 1 saturated carbocycles. The molecule has 8 nitrogen and oxygen atoms in total. The number of benzene rings is 1. The van der Waals surface area contributed by atoms with Gasteiger partial charge >= 0.3 is 6.03 Å². The maximum absolute atomic E-state index is 12.5. The number of piperidine rings is 1. The van der Waals surface area contributed by atoms with Gasteiger partial charge in [0.25, 0.3) is 10.0 Å². The van der Waals surface area contributed by atoms with Crippen LogP contribution in [0.3, 0.4) is 0 Å². The monoisotopic (exact) mass is 408 g/mol. The lowest BCUT2D eigenvalue weighted by atomic mass is 9.95. The van der Waals surface area contributed by atoms with Crippen molar-refractivity contribution < 1.29 is 18.0 Å². The number of sulfonamides is 1. The van der Waals surface area contributed by atoms with E-state index in [4.69, 9.17) is 0 Å². The topological polar surface area (TPSA) is 108 Å². The molecule has 1 unspecified atom stereocenters. The van der Waals surface area contributed by atoms with E-state index in [1.807, 2.05) is 0 Å². The SMILES string of the molecule is O=C(NNS(=O)(=O)c1ccccc1)C1CCCN(C(=O)NC2CCCCC2)C1. The zero-order valence-electron chi connectivity index (χ0n) is 15.9. The van der Waals surface area contributed by atoms with Gasteiger partial charge in [0, 0.05) is 19.1 Å². The summed E-state index contributed by atoms with van der Waals surface area (Å²) in [5, 5.41) is 3.07. The van der Waals surface area contributed by atoms with Crippen LogP contribution in [0.25, 0.3) is 0 Å². The Morgan fingerprint density at radius 2 is 1.68 bits per heavy atom. The summed E-state index contributed by atoms with van der Waals surface area (Å²) in [5.41, 5.74) is 2.30. The Labute approximate surface area is 166 Å². The molecule has 154 valence electrons. The van der Waals surface area contributed by atoms with Crippen molar-refractivity contribution in [3.8, 4) is 0 Å². The minimum absolute atomic E-state index is 0.0763. The van der Waals surface area contributed by atoms with Gasteiger partial charge in [0.1, 0.15) is 0 Å². The van der Waals surface area contributed by atoms with Crippen molar-refractivity contribution in [1.29, 1.82) is 0 Å². The Morgan fingerprint density at radius 1 is 0.964 bits per heavy atom. The molecule has 1 heterocycles. The maximum Gasteiger partial charge on any atom is 0.317 e. The van der Waals surface area contributed by atoms with Crippen molar-refractivity contribution in [2.45, 2.75) is 55.9 Å². The predicted molar refractivity (Wildman–Crippen MR) is 105 cm³/mol. The van der Waals surface area contributed by atoms with Crippen LogP contribution in [0.2, 0.25) is 0 Å². The number of nitrogens with zero attached hydrogens (tertiary/aromatic N) is 1. The van der Waals surface area contributed by atoms with Crippen LogP contribution in [-0.2, 0) is 14.8 Å². The van der Waals surface area contributed by atoms with E-state index in [1.165, 1.54) is 18.6 Å². The third kappa shape index (κ3) is 5.45. The lowest BCUT2D eigenvalue weighted by molar-refractivity contribution is -0.126. The van der Waals surface area contributed by atoms with Crippen LogP contribution in [0.1, 0.15) is 44.9 Å². The van der Waals surface area contributed by atoms with Gasteiger partial charge in [0.15, 0.2) is 0 Å². The van der Waals surface area contributed by atoms with Gasteiger partial charge in [-0.25, -0.2) is 13.2 Å². The third-order valence-corrected chi connectivity index (χ3v) is 6.64. The molecule has 0 radical (unpaired) electrons. The van der Waals surface area contributed by atoms with E-state index in [0.717, 1.165) is 25.7 Å². The van der Waals surface area contributed by atoms with Crippen LogP contribution in [0.4, 0.5) is 4.79 Å². The first-order valence-electron chi connectivity index (χ1n) is 9.88. The second-order valence-corrected chi connectivity index (χ2v) is 9.16. The summed E-state index contributed by atoms with van der Waals surface area (Å²) >= 11 is 0. The van der Waals surface area contributed by atoms with Crippen LogP contribution >= 0.6 is 0 Å². The van der Waals surface area contributed by atoms with Gasteiger partial charge in [0.05, 0.1) is 10.8 Å². The number of urea groups is 1. The van der Waals surface area contributed by atoms with E-state index in [1.54, 1.807) is 23.1 Å². The second-order valence-electron chi connectivity index (χ2n) is 7.48. The number of hydrazine groups is 1. The lowest BCUT2D eigenvalue weighted by Crippen LogP contribution is -2.53. The Bertz CT molecular complexity index is 778. The van der Waals surface area contributed by atoms with Crippen LogP contribution < -0.4 is 15.6 Å². The van der Waals surface area contributed by atoms with Crippen LogP contribution in [0.5, 0.6) is 0 Å². The van der Waals surface area contributed by atoms with Crippen molar-refractivity contribution >= 4 is 22.0 Å². The minimum atomic E-state index is -3.82. The van der Waals surface area contributed by atoms with Crippen molar-refractivity contribution in [2.75, 3.05) is 13.1 Å². The summed E-state index contributed by atoms with van der Waals surface area (Å²) in [6, 6.07) is 7.92. The van der Waals surface area contributed by atoms with Crippen LogP contribution in [-0.4, -0.2) is 44.4 Å². The largest absolute Gasteiger partial charge is 0.335 e. The van der Waals surface area contributed by atoms with Crippen molar-refractivity contribution in [3.05, 3.63) is 30.3 Å². The Hall–Kier alpha value is -2.13. The fraction of sp³-hybridized carbons (Fsp3) is 0.579. The zero-order chi connectivity index (χ0) is 20.0. The van der Waals surface area contributed by atoms with E-state index < -0.39 is 21.8 Å². The summed E-state index contributed by atoms with van der Waals surface area (Å²) in [4.78, 5) is 28.8. The Kier molecular flexibility index (Phi) is 6.90. The molecule has 1 atom stereocenters. The molecule has 1 aliphatic carbocycles. The van der Waals surface area contributed by atoms with E-state index in [9.17, 15) is 18.0 Å². The van der Waals surface area contributed by atoms with Gasteiger partial charge < -0.3 is 10.2 Å². The minimum Gasteiger partial charge on any atom is -0.335 e. The molecule has 3 N–H and O–H groups in total. The molecule has 1 aromatic rings. The number of hydrogen-bond acceptors (Lipinski definition) is 4. The van der Waals surface area contributed by atoms with Gasteiger partial charge in [-0.05, 0) is 37.8 Å². The van der Waals surface area contributed by atoms with Gasteiger partial charge in [-0.15, -0.1) is 4.83 Å². The zero-order valence-corrected chi connectivity index (χ0v) is 16.7. The molecule has 1 aromatic carbocycles. The first-order valence-corrected chi connectivity index (χ1v) is 11.4. The smallest absolute Gasteiger partial charge is 0.317 e. The maximum atomic E-state index is 12.5. The number of carbonyl (C=O) groups excluding carboxylic acids is 2. The van der Waals surface area contributed by atoms with Crippen molar-refractivity contribution in [3.63, 3.8) is 0 Å². The quantitative estimate of drug-likeness (QED) is 0.645. The third-order valence-electron chi connectivity index (χ3n) is 5.37. The number of nitrogens with one attached hydrogen (secondary N) is 3. The molecule has 1 saturated heterocycles. The molecule has 28 heavy (non-hydrogen) atoms. The summed E-state index contributed by atoms with van der Waals surface area (Å²) in [6.07, 6.45) is 6.83. The molecule has 1 aliphatic heterocycles. The highest BCUT2D eigenvalue weighted by Crippen LogP contribution is 2.20. The fourth-order valence-electron chi connectivity index (χ4n) is 3.77. The molecule has 3 amide bonds. The van der Waals surface area contributed by atoms with E-state index in [-0.39, 0.29) is 23.5 Å². The summed E-state index contributed by atoms with van der Waals surface area (Å²) in [7, 11) is -3.82. The lowest BCUT2D eigenvalue weighted by Gasteiger charge is -2.34. The molecule has 0 spiro atoms. The van der Waals surface area contributed by atoms with Gasteiger partial charge in [-0.2, -0.15) is 0 Å². The number of carbonyl (C=O) groups is 2. The highest BCUT2D eigenvalue weighted by molar-refractivity contribution is 7.89. The average molecular weight is 409 g/mol. The van der Waals surface area contributed by atoms with E-state index >= 15 is 0 Å². The number of hydrogen-bond donors (Lipinski definition) is 3. The van der Waals surface area contributed by atoms with Crippen LogP contribution in [0, 0.1) is 5.92 Å². The molecule has 0 bridgehead atoms. The average Bonchev–Trinajstić information content (AvgIpc) is 2.73. The fourth-order valence-corrected chi connectivity index (χ4v) is 4.63. The van der Waals surface area contributed by atoms with Gasteiger partial charge in [0.2, 0.25) is 5.91 Å². The predicted octanol–water partition coefficient (Wildman–Crippen LogP) is 1.75. The molecule has 9 heteroatoms. The van der Waals surface area contributed by atoms with E-state index in [2.05, 4.69) is 15.6 Å². The van der Waals surface area contributed by atoms with Gasteiger partial charge in [-0.3, -0.25) is 10.2 Å². The Morgan fingerprint density at radius 3 is 2.39 bits per heavy atom. The van der Waals surface area contributed by atoms with Gasteiger partial charge in [-0.1, -0.05) is 37.5 Å². The number of likely N-dealkylation sites (tertiary alicyclic amines) is 1. The second kappa shape index (κ2) is 9.38. The number of rotatable bonds is 5. The highest BCUT2D eigenvalue weighted by atomic mass is 32.2. The molecule has 2 aliphatic rings.